The summed E-state index contributed by atoms with van der Waals surface area (Å²) in [4.78, 5) is 25.1. The van der Waals surface area contributed by atoms with E-state index >= 15 is 0 Å². The number of carbonyl (C=O) groups is 1. The molecule has 0 fully saturated rings. The summed E-state index contributed by atoms with van der Waals surface area (Å²) in [7, 11) is 0. The van der Waals surface area contributed by atoms with Gasteiger partial charge in [-0.05, 0) is 30.3 Å². The van der Waals surface area contributed by atoms with E-state index in [2.05, 4.69) is 0 Å². The van der Waals surface area contributed by atoms with Crippen LogP contribution in [-0.2, 0) is 4.79 Å². The lowest BCUT2D eigenvalue weighted by atomic mass is 10.1. The summed E-state index contributed by atoms with van der Waals surface area (Å²) in [6.45, 7) is 0.123. The van der Waals surface area contributed by atoms with Crippen molar-refractivity contribution in [3.8, 4) is 23.5 Å². The Balaban J connectivity index is 1.93. The Hall–Kier alpha value is -4.69. The monoisotopic (exact) mass is 412 g/mol. The van der Waals surface area contributed by atoms with Crippen molar-refractivity contribution in [2.45, 2.75) is 6.42 Å². The molecule has 0 radical (unpaired) electrons. The molecular weight excluding hydrogens is 396 g/mol. The van der Waals surface area contributed by atoms with Gasteiger partial charge in [0, 0.05) is 24.4 Å². The molecule has 1 amide bonds. The fourth-order valence-electron chi connectivity index (χ4n) is 2.96. The van der Waals surface area contributed by atoms with Crippen LogP contribution in [0.2, 0.25) is 0 Å². The molecule has 0 aliphatic heterocycles. The number of carbonyl (C=O) groups excluding carboxylic acids is 1. The molecule has 0 N–H and O–H groups in total. The lowest BCUT2D eigenvalue weighted by Crippen LogP contribution is -2.32. The number of benzene rings is 2. The molecular formula is C23H16N4O4. The molecule has 8 nitrogen and oxygen atoms in total. The average Bonchev–Trinajstić information content (AvgIpc) is 3.26. The standard InChI is InChI=1S/C23H16N4O4/c24-13-6-14-26(18-7-2-1-3-8-18)23(28)17(16-25)15-19-11-12-22(31-19)20-9-4-5-10-21(20)27(29)30/h1-5,7-12,15H,6,14H2. The Bertz CT molecular complexity index is 1220. The maximum Gasteiger partial charge on any atom is 0.280 e. The zero-order valence-electron chi connectivity index (χ0n) is 16.3. The molecule has 0 unspecified atom stereocenters. The van der Waals surface area contributed by atoms with Crippen LogP contribution in [-0.4, -0.2) is 17.4 Å². The van der Waals surface area contributed by atoms with E-state index in [0.29, 0.717) is 5.69 Å². The van der Waals surface area contributed by atoms with Gasteiger partial charge in [0.15, 0.2) is 0 Å². The normalized spacial score (nSPS) is 10.7. The number of rotatable bonds is 7. The van der Waals surface area contributed by atoms with Crippen LogP contribution < -0.4 is 4.90 Å². The van der Waals surface area contributed by atoms with Gasteiger partial charge < -0.3 is 9.32 Å². The fraction of sp³-hybridized carbons (Fsp3) is 0.0870. The van der Waals surface area contributed by atoms with Crippen molar-refractivity contribution in [1.82, 2.24) is 0 Å². The van der Waals surface area contributed by atoms with E-state index in [1.54, 1.807) is 48.5 Å². The first kappa shape index (κ1) is 21.0. The molecule has 0 aliphatic carbocycles. The maximum atomic E-state index is 13.0. The zero-order chi connectivity index (χ0) is 22.2. The van der Waals surface area contributed by atoms with Gasteiger partial charge in [0.05, 0.1) is 23.0 Å². The minimum Gasteiger partial charge on any atom is -0.456 e. The number of furan rings is 1. The number of anilines is 1. The van der Waals surface area contributed by atoms with Crippen molar-refractivity contribution in [1.29, 1.82) is 10.5 Å². The van der Waals surface area contributed by atoms with Gasteiger partial charge in [0.2, 0.25) is 0 Å². The Morgan fingerprint density at radius 3 is 2.45 bits per heavy atom. The van der Waals surface area contributed by atoms with E-state index in [1.807, 2.05) is 12.1 Å². The topological polar surface area (TPSA) is 124 Å². The number of amides is 1. The molecule has 0 atom stereocenters. The number of nitro benzene ring substituents is 1. The van der Waals surface area contributed by atoms with E-state index in [9.17, 15) is 20.2 Å². The van der Waals surface area contributed by atoms with Gasteiger partial charge in [-0.1, -0.05) is 30.3 Å². The predicted octanol–water partition coefficient (Wildman–Crippen LogP) is 4.71. The highest BCUT2D eigenvalue weighted by molar-refractivity contribution is 6.11. The molecule has 2 aromatic carbocycles. The molecule has 1 aromatic heterocycles. The van der Waals surface area contributed by atoms with Crippen LogP contribution in [0.4, 0.5) is 11.4 Å². The summed E-state index contributed by atoms with van der Waals surface area (Å²) in [6.07, 6.45) is 1.38. The van der Waals surface area contributed by atoms with Gasteiger partial charge in [-0.15, -0.1) is 0 Å². The Morgan fingerprint density at radius 2 is 1.77 bits per heavy atom. The van der Waals surface area contributed by atoms with Crippen molar-refractivity contribution in [3.63, 3.8) is 0 Å². The Kier molecular flexibility index (Phi) is 6.57. The lowest BCUT2D eigenvalue weighted by molar-refractivity contribution is -0.384. The third kappa shape index (κ3) is 4.84. The summed E-state index contributed by atoms with van der Waals surface area (Å²) in [5.74, 6) is -0.133. The molecule has 3 rings (SSSR count). The molecule has 3 aromatic rings. The first-order valence-corrected chi connectivity index (χ1v) is 9.24. The van der Waals surface area contributed by atoms with Crippen molar-refractivity contribution in [2.24, 2.45) is 0 Å². The van der Waals surface area contributed by atoms with Gasteiger partial charge in [-0.25, -0.2) is 0 Å². The summed E-state index contributed by atoms with van der Waals surface area (Å²) in [5, 5.41) is 29.7. The number of hydrogen-bond acceptors (Lipinski definition) is 6. The first-order valence-electron chi connectivity index (χ1n) is 9.24. The molecule has 31 heavy (non-hydrogen) atoms. The summed E-state index contributed by atoms with van der Waals surface area (Å²) < 4.78 is 5.65. The van der Waals surface area contributed by atoms with Crippen LogP contribution in [0.15, 0.2) is 76.7 Å². The van der Waals surface area contributed by atoms with E-state index < -0.39 is 10.8 Å². The zero-order valence-corrected chi connectivity index (χ0v) is 16.3. The SMILES string of the molecule is N#CCCN(C(=O)C(C#N)=Cc1ccc(-c2ccccc2[N+](=O)[O-])o1)c1ccccc1. The van der Waals surface area contributed by atoms with Crippen molar-refractivity contribution < 1.29 is 14.1 Å². The number of para-hydroxylation sites is 2. The number of hydrogen-bond donors (Lipinski definition) is 0. The van der Waals surface area contributed by atoms with Crippen molar-refractivity contribution >= 4 is 23.4 Å². The minimum absolute atomic E-state index is 0.0991. The highest BCUT2D eigenvalue weighted by atomic mass is 16.6. The second kappa shape index (κ2) is 9.68. The number of nitriles is 2. The number of nitrogens with zero attached hydrogens (tertiary/aromatic N) is 4. The van der Waals surface area contributed by atoms with Crippen LogP contribution in [0.5, 0.6) is 0 Å². The van der Waals surface area contributed by atoms with E-state index in [0.717, 1.165) is 0 Å². The smallest absolute Gasteiger partial charge is 0.280 e. The molecule has 0 aliphatic rings. The van der Waals surface area contributed by atoms with Gasteiger partial charge in [0.25, 0.3) is 11.6 Å². The summed E-state index contributed by atoms with van der Waals surface area (Å²) in [6, 6.07) is 21.8. The third-order valence-electron chi connectivity index (χ3n) is 4.39. The predicted molar refractivity (Wildman–Crippen MR) is 113 cm³/mol. The molecule has 0 saturated heterocycles. The number of nitro groups is 1. The highest BCUT2D eigenvalue weighted by Crippen LogP contribution is 2.31. The second-order valence-corrected chi connectivity index (χ2v) is 6.35. The average molecular weight is 412 g/mol. The molecule has 0 saturated carbocycles. The Morgan fingerprint density at radius 1 is 1.06 bits per heavy atom. The Labute approximate surface area is 178 Å². The van der Waals surface area contributed by atoms with E-state index in [4.69, 9.17) is 9.68 Å². The first-order chi connectivity index (χ1) is 15.0. The van der Waals surface area contributed by atoms with Gasteiger partial charge in [0.1, 0.15) is 23.2 Å². The van der Waals surface area contributed by atoms with Crippen molar-refractivity contribution in [3.05, 3.63) is 88.2 Å². The van der Waals surface area contributed by atoms with E-state index in [-0.39, 0.29) is 41.3 Å². The molecule has 1 heterocycles. The molecule has 8 heteroatoms. The third-order valence-corrected chi connectivity index (χ3v) is 4.39. The molecule has 152 valence electrons. The van der Waals surface area contributed by atoms with Crippen molar-refractivity contribution in [2.75, 3.05) is 11.4 Å². The summed E-state index contributed by atoms with van der Waals surface area (Å²) in [5.41, 5.74) is 0.543. The van der Waals surface area contributed by atoms with Crippen LogP contribution in [0.1, 0.15) is 12.2 Å². The van der Waals surface area contributed by atoms with Crippen LogP contribution in [0, 0.1) is 32.8 Å². The van der Waals surface area contributed by atoms with Crippen LogP contribution in [0.25, 0.3) is 17.4 Å². The van der Waals surface area contributed by atoms with Crippen LogP contribution >= 0.6 is 0 Å². The van der Waals surface area contributed by atoms with Gasteiger partial charge >= 0.3 is 0 Å². The van der Waals surface area contributed by atoms with Gasteiger partial charge in [-0.3, -0.25) is 14.9 Å². The molecule has 0 bridgehead atoms. The summed E-state index contributed by atoms with van der Waals surface area (Å²) >= 11 is 0. The quantitative estimate of drug-likeness (QED) is 0.239. The van der Waals surface area contributed by atoms with E-state index in [1.165, 1.54) is 29.2 Å². The lowest BCUT2D eigenvalue weighted by Gasteiger charge is -2.21. The van der Waals surface area contributed by atoms with Gasteiger partial charge in [-0.2, -0.15) is 10.5 Å². The highest BCUT2D eigenvalue weighted by Gasteiger charge is 2.21. The fourth-order valence-corrected chi connectivity index (χ4v) is 2.96. The molecule has 0 spiro atoms. The maximum absolute atomic E-state index is 13.0. The largest absolute Gasteiger partial charge is 0.456 e. The second-order valence-electron chi connectivity index (χ2n) is 6.35. The minimum atomic E-state index is -0.576. The van der Waals surface area contributed by atoms with Crippen LogP contribution in [0.3, 0.4) is 0 Å².